The van der Waals surface area contributed by atoms with Crippen LogP contribution in [-0.4, -0.2) is 23.3 Å². The van der Waals surface area contributed by atoms with Crippen LogP contribution in [0.3, 0.4) is 0 Å². The molecule has 3 rings (SSSR count). The number of aromatic nitrogens is 1. The number of hydrogen-bond donors (Lipinski definition) is 2. The maximum absolute atomic E-state index is 12.8. The van der Waals surface area contributed by atoms with E-state index in [0.717, 1.165) is 36.1 Å². The summed E-state index contributed by atoms with van der Waals surface area (Å²) in [4.78, 5) is 27.5. The predicted molar refractivity (Wildman–Crippen MR) is 114 cm³/mol. The number of benzene rings is 2. The van der Waals surface area contributed by atoms with Crippen molar-refractivity contribution >= 4 is 28.3 Å². The fraction of sp³-hybridized carbons (Fsp3) is 0.227. The van der Waals surface area contributed by atoms with Gasteiger partial charge < -0.3 is 5.32 Å². The monoisotopic (exact) mass is 447 g/mol. The van der Waals surface area contributed by atoms with Crippen LogP contribution in [0.25, 0.3) is 11.3 Å². The molecule has 2 aromatic carbocycles. The second-order valence-electron chi connectivity index (χ2n) is 6.85. The Kier molecular flexibility index (Phi) is 7.06. The molecule has 0 atom stereocenters. The third-order valence-corrected chi connectivity index (χ3v) is 5.20. The minimum absolute atomic E-state index is 0.0465. The van der Waals surface area contributed by atoms with E-state index in [4.69, 9.17) is 0 Å². The van der Waals surface area contributed by atoms with Gasteiger partial charge in [-0.05, 0) is 36.6 Å². The average Bonchev–Trinajstić information content (AvgIpc) is 3.19. The quantitative estimate of drug-likeness (QED) is 0.492. The molecule has 1 aromatic heterocycles. The van der Waals surface area contributed by atoms with Gasteiger partial charge in [0, 0.05) is 30.0 Å². The molecule has 31 heavy (non-hydrogen) atoms. The highest BCUT2D eigenvalue weighted by Gasteiger charge is 2.30. The summed E-state index contributed by atoms with van der Waals surface area (Å²) in [6.45, 7) is 2.11. The van der Waals surface area contributed by atoms with Gasteiger partial charge in [0.2, 0.25) is 5.91 Å². The van der Waals surface area contributed by atoms with E-state index in [2.05, 4.69) is 15.6 Å². The van der Waals surface area contributed by atoms with Crippen LogP contribution in [0.4, 0.5) is 18.3 Å². The fourth-order valence-electron chi connectivity index (χ4n) is 2.87. The molecule has 0 saturated heterocycles. The van der Waals surface area contributed by atoms with Crippen molar-refractivity contribution in [1.82, 2.24) is 10.3 Å². The molecular formula is C22H20F3N3O2S. The van der Waals surface area contributed by atoms with Crippen LogP contribution in [0, 0.1) is 0 Å². The number of aryl methyl sites for hydroxylation is 1. The largest absolute Gasteiger partial charge is 0.416 e. The molecule has 0 aliphatic carbocycles. The second kappa shape index (κ2) is 9.74. The van der Waals surface area contributed by atoms with E-state index in [1.54, 1.807) is 5.38 Å². The van der Waals surface area contributed by atoms with Gasteiger partial charge in [0.15, 0.2) is 5.13 Å². The second-order valence-corrected chi connectivity index (χ2v) is 7.71. The van der Waals surface area contributed by atoms with E-state index in [0.29, 0.717) is 17.4 Å². The first-order valence-electron chi connectivity index (χ1n) is 9.50. The van der Waals surface area contributed by atoms with Crippen molar-refractivity contribution in [2.45, 2.75) is 25.9 Å². The number of carbonyl (C=O) groups excluding carboxylic acids is 2. The van der Waals surface area contributed by atoms with E-state index in [9.17, 15) is 22.8 Å². The Morgan fingerprint density at radius 2 is 1.84 bits per heavy atom. The van der Waals surface area contributed by atoms with Crippen LogP contribution in [0.5, 0.6) is 0 Å². The highest BCUT2D eigenvalue weighted by atomic mass is 32.1. The summed E-state index contributed by atoms with van der Waals surface area (Å²) in [5.41, 5.74) is 1.69. The SMILES string of the molecule is CC(=O)NCCCc1ccc(-c2csc(NC(=O)c3cccc(C(F)(F)F)c3)n2)cc1. The maximum Gasteiger partial charge on any atom is 0.416 e. The number of amides is 2. The summed E-state index contributed by atoms with van der Waals surface area (Å²) in [6, 6.07) is 12.0. The molecule has 2 N–H and O–H groups in total. The highest BCUT2D eigenvalue weighted by molar-refractivity contribution is 7.14. The fourth-order valence-corrected chi connectivity index (χ4v) is 3.58. The van der Waals surface area contributed by atoms with Crippen LogP contribution < -0.4 is 10.6 Å². The maximum atomic E-state index is 12.8. The summed E-state index contributed by atoms with van der Waals surface area (Å²) in [5.74, 6) is -0.698. The zero-order valence-electron chi connectivity index (χ0n) is 16.6. The van der Waals surface area contributed by atoms with Crippen molar-refractivity contribution in [3.63, 3.8) is 0 Å². The van der Waals surface area contributed by atoms with Crippen molar-refractivity contribution in [2.75, 3.05) is 11.9 Å². The Hall–Kier alpha value is -3.20. The van der Waals surface area contributed by atoms with Crippen LogP contribution in [0.1, 0.15) is 34.8 Å². The lowest BCUT2D eigenvalue weighted by molar-refractivity contribution is -0.137. The van der Waals surface area contributed by atoms with Crippen molar-refractivity contribution < 1.29 is 22.8 Å². The lowest BCUT2D eigenvalue weighted by atomic mass is 10.1. The van der Waals surface area contributed by atoms with Gasteiger partial charge in [0.25, 0.3) is 5.91 Å². The smallest absolute Gasteiger partial charge is 0.356 e. The first-order chi connectivity index (χ1) is 14.7. The molecule has 3 aromatic rings. The summed E-state index contributed by atoms with van der Waals surface area (Å²) in [6.07, 6.45) is -2.85. The molecule has 0 bridgehead atoms. The Morgan fingerprint density at radius 1 is 1.10 bits per heavy atom. The van der Waals surface area contributed by atoms with Crippen molar-refractivity contribution in [2.24, 2.45) is 0 Å². The van der Waals surface area contributed by atoms with E-state index >= 15 is 0 Å². The lowest BCUT2D eigenvalue weighted by Crippen LogP contribution is -2.21. The van der Waals surface area contributed by atoms with Gasteiger partial charge in [-0.3, -0.25) is 14.9 Å². The molecule has 0 aliphatic heterocycles. The van der Waals surface area contributed by atoms with Gasteiger partial charge in [-0.2, -0.15) is 13.2 Å². The van der Waals surface area contributed by atoms with Crippen LogP contribution in [-0.2, 0) is 17.4 Å². The predicted octanol–water partition coefficient (Wildman–Crippen LogP) is 5.15. The Labute approximate surface area is 181 Å². The number of carbonyl (C=O) groups is 2. The van der Waals surface area contributed by atoms with Gasteiger partial charge in [0.1, 0.15) is 0 Å². The summed E-state index contributed by atoms with van der Waals surface area (Å²) in [7, 11) is 0. The van der Waals surface area contributed by atoms with Gasteiger partial charge in [-0.25, -0.2) is 4.98 Å². The zero-order chi connectivity index (χ0) is 22.4. The number of anilines is 1. The van der Waals surface area contributed by atoms with E-state index in [1.807, 2.05) is 24.3 Å². The number of nitrogens with zero attached hydrogens (tertiary/aromatic N) is 1. The first-order valence-corrected chi connectivity index (χ1v) is 10.4. The summed E-state index contributed by atoms with van der Waals surface area (Å²) < 4.78 is 38.5. The molecule has 0 unspecified atom stereocenters. The van der Waals surface area contributed by atoms with E-state index < -0.39 is 17.6 Å². The first kappa shape index (κ1) is 22.5. The molecule has 0 saturated carbocycles. The topological polar surface area (TPSA) is 71.1 Å². The summed E-state index contributed by atoms with van der Waals surface area (Å²) in [5, 5.41) is 7.38. The van der Waals surface area contributed by atoms with Gasteiger partial charge in [-0.1, -0.05) is 30.3 Å². The van der Waals surface area contributed by atoms with Gasteiger partial charge >= 0.3 is 6.18 Å². The summed E-state index contributed by atoms with van der Waals surface area (Å²) >= 11 is 1.20. The van der Waals surface area contributed by atoms with Crippen LogP contribution >= 0.6 is 11.3 Å². The molecule has 5 nitrogen and oxygen atoms in total. The van der Waals surface area contributed by atoms with Crippen LogP contribution in [0.2, 0.25) is 0 Å². The van der Waals surface area contributed by atoms with Gasteiger partial charge in [-0.15, -0.1) is 11.3 Å². The standard InChI is InChI=1S/C22H20F3N3O2S/c1-14(29)26-11-3-4-15-7-9-16(10-8-15)19-13-31-21(27-19)28-20(30)17-5-2-6-18(12-17)22(23,24)25/h2,5-10,12-13H,3-4,11H2,1H3,(H,26,29)(H,27,28,30). The Morgan fingerprint density at radius 3 is 2.52 bits per heavy atom. The van der Waals surface area contributed by atoms with E-state index in [1.165, 1.54) is 30.4 Å². The zero-order valence-corrected chi connectivity index (χ0v) is 17.4. The molecule has 1 heterocycles. The Bertz CT molecular complexity index is 1060. The van der Waals surface area contributed by atoms with E-state index in [-0.39, 0.29) is 11.5 Å². The number of hydrogen-bond acceptors (Lipinski definition) is 4. The van der Waals surface area contributed by atoms with Crippen molar-refractivity contribution in [1.29, 1.82) is 0 Å². The molecule has 9 heteroatoms. The minimum Gasteiger partial charge on any atom is -0.356 e. The number of rotatable bonds is 7. The average molecular weight is 447 g/mol. The number of thiazole rings is 1. The van der Waals surface area contributed by atoms with Crippen molar-refractivity contribution in [3.8, 4) is 11.3 Å². The molecule has 0 fully saturated rings. The minimum atomic E-state index is -4.51. The number of alkyl halides is 3. The van der Waals surface area contributed by atoms with Crippen molar-refractivity contribution in [3.05, 3.63) is 70.6 Å². The molecule has 162 valence electrons. The number of nitrogens with one attached hydrogen (secondary N) is 2. The molecular weight excluding hydrogens is 427 g/mol. The van der Waals surface area contributed by atoms with Crippen LogP contribution in [0.15, 0.2) is 53.9 Å². The molecule has 0 spiro atoms. The third kappa shape index (κ3) is 6.39. The Balaban J connectivity index is 1.61. The lowest BCUT2D eigenvalue weighted by Gasteiger charge is -2.08. The third-order valence-electron chi connectivity index (χ3n) is 4.44. The normalized spacial score (nSPS) is 11.2. The number of halogens is 3. The molecule has 0 radical (unpaired) electrons. The molecule has 2 amide bonds. The van der Waals surface area contributed by atoms with Gasteiger partial charge in [0.05, 0.1) is 11.3 Å². The molecule has 0 aliphatic rings. The highest BCUT2D eigenvalue weighted by Crippen LogP contribution is 2.30.